The van der Waals surface area contributed by atoms with E-state index >= 15 is 0 Å². The van der Waals surface area contributed by atoms with Crippen molar-refractivity contribution in [1.82, 2.24) is 9.80 Å². The van der Waals surface area contributed by atoms with E-state index in [9.17, 15) is 24.6 Å². The van der Waals surface area contributed by atoms with Gasteiger partial charge in [-0.1, -0.05) is 64.7 Å². The first-order valence-corrected chi connectivity index (χ1v) is 14.4. The molecule has 0 saturated heterocycles. The Morgan fingerprint density at radius 3 is 1.10 bits per heavy atom. The molecule has 0 atom stereocenters. The molecule has 39 heavy (non-hydrogen) atoms. The quantitative estimate of drug-likeness (QED) is 0.0671. The van der Waals surface area contributed by atoms with Gasteiger partial charge in [-0.3, -0.25) is 4.79 Å². The van der Waals surface area contributed by atoms with Crippen LogP contribution in [0.1, 0.15) is 122 Å². The van der Waals surface area contributed by atoms with Gasteiger partial charge in [-0.15, -0.1) is 0 Å². The van der Waals surface area contributed by atoms with Crippen LogP contribution in [-0.4, -0.2) is 72.1 Å². The molecule has 212 valence electrons. The fourth-order valence-electron chi connectivity index (χ4n) is 4.51. The summed E-state index contributed by atoms with van der Waals surface area (Å²) in [6.07, 6.45) is 16.7. The van der Waals surface area contributed by atoms with Crippen molar-refractivity contribution in [3.63, 3.8) is 0 Å². The zero-order valence-corrected chi connectivity index (χ0v) is 35.2. The maximum absolute atomic E-state index is 10.8. The first kappa shape index (κ1) is 49.1. The number of nitrogens with zero attached hydrogens (tertiary/aromatic N) is 2. The van der Waals surface area contributed by atoms with Gasteiger partial charge in [0.1, 0.15) is 0 Å². The van der Waals surface area contributed by atoms with E-state index in [1.807, 2.05) is 0 Å². The number of hydrogen-bond acceptors (Lipinski definition) is 7. The monoisotopic (exact) mass is 629 g/mol. The molecule has 0 rings (SSSR count). The van der Waals surface area contributed by atoms with Gasteiger partial charge < -0.3 is 34.7 Å². The van der Waals surface area contributed by atoms with Gasteiger partial charge in [0.2, 0.25) is 0 Å². The summed E-state index contributed by atoms with van der Waals surface area (Å²) >= 11 is 0. The molecule has 0 aromatic heterocycles. The summed E-state index contributed by atoms with van der Waals surface area (Å²) in [6, 6.07) is 0. The Hall–Kier alpha value is 3.24. The number of carbonyl (C=O) groups is 3. The van der Waals surface area contributed by atoms with Crippen molar-refractivity contribution in [3.8, 4) is 0 Å². The van der Waals surface area contributed by atoms with Crippen molar-refractivity contribution in [1.29, 1.82) is 0 Å². The second-order valence-corrected chi connectivity index (χ2v) is 10.0. The second kappa shape index (κ2) is 37.4. The molecular weight excluding hydrogens is 578 g/mol. The van der Waals surface area contributed by atoms with Gasteiger partial charge in [-0.05, 0) is 90.6 Å². The van der Waals surface area contributed by atoms with Crippen LogP contribution >= 0.6 is 0 Å². The van der Waals surface area contributed by atoms with Crippen LogP contribution in [0.4, 0.5) is 0 Å². The van der Waals surface area contributed by atoms with Gasteiger partial charge >= 0.3 is 160 Å². The Morgan fingerprint density at radius 2 is 0.769 bits per heavy atom. The van der Waals surface area contributed by atoms with E-state index in [-0.39, 0.29) is 173 Å². The maximum Gasteiger partial charge on any atom is 1.00 e. The molecule has 0 spiro atoms. The molecule has 0 amide bonds. The number of carboxylic acids is 3. The third kappa shape index (κ3) is 39.2. The number of carboxylic acid groups (broad SMARTS) is 3. The van der Waals surface area contributed by atoms with E-state index in [0.29, 0.717) is 32.4 Å². The minimum absolute atomic E-state index is 0. The molecule has 0 saturated carbocycles. The molecule has 0 heterocycles. The van der Waals surface area contributed by atoms with Crippen LogP contribution in [0.5, 0.6) is 0 Å². The normalized spacial score (nSPS) is 10.5. The van der Waals surface area contributed by atoms with Crippen LogP contribution in [0.25, 0.3) is 0 Å². The number of carbonyl (C=O) groups excluding carboxylic acids is 2. The summed E-state index contributed by atoms with van der Waals surface area (Å²) in [5.41, 5.74) is 0. The van der Waals surface area contributed by atoms with Gasteiger partial charge in [0, 0.05) is 18.4 Å². The van der Waals surface area contributed by atoms with Crippen molar-refractivity contribution in [2.75, 3.05) is 39.3 Å². The Kier molecular flexibility index (Phi) is 47.1. The van der Waals surface area contributed by atoms with E-state index in [1.165, 1.54) is 57.8 Å². The molecule has 0 unspecified atom stereocenters. The van der Waals surface area contributed by atoms with Crippen LogP contribution < -0.4 is 164 Å². The summed E-state index contributed by atoms with van der Waals surface area (Å²) < 4.78 is 0. The van der Waals surface area contributed by atoms with Crippen LogP contribution in [0.3, 0.4) is 0 Å². The number of unbranched alkanes of at least 4 members (excludes halogenated alkanes) is 10. The summed E-state index contributed by atoms with van der Waals surface area (Å²) in [5, 5.41) is 30.4. The van der Waals surface area contributed by atoms with Gasteiger partial charge in [-0.25, -0.2) is 0 Å². The maximum atomic E-state index is 10.8. The Bertz CT molecular complexity index is 553. The number of aliphatic carboxylic acids is 3. The number of hydrogen-bond donors (Lipinski definition) is 1. The van der Waals surface area contributed by atoms with E-state index in [0.717, 1.165) is 45.4 Å². The standard InChI is InChI=1S/C28H54N2O6.3K/c1-2-3-4-5-6-7-8-9-10-11-20-29(23-14-17-26(31)32)21-12-13-22-30(24-15-18-27(33)34)25-16-19-28(35)36;;;/h2-25H2,1H3,(H,31,32)(H,33,34)(H,35,36);;;/q;3*+1/p-2. The molecule has 1 N–H and O–H groups in total. The minimum atomic E-state index is -1.06. The molecule has 0 bridgehead atoms. The van der Waals surface area contributed by atoms with E-state index in [2.05, 4.69) is 16.7 Å². The SMILES string of the molecule is CCCCCCCCCCCCN(CCCCN(CCCC(=O)[O-])CCCC(=O)O)CCCC(=O)[O-].[K+].[K+].[K+]. The fourth-order valence-corrected chi connectivity index (χ4v) is 4.51. The third-order valence-corrected chi connectivity index (χ3v) is 6.60. The van der Waals surface area contributed by atoms with Crippen molar-refractivity contribution < 1.29 is 184 Å². The van der Waals surface area contributed by atoms with Crippen LogP contribution in [0, 0.1) is 0 Å². The third-order valence-electron chi connectivity index (χ3n) is 6.60. The predicted octanol–water partition coefficient (Wildman–Crippen LogP) is -5.77. The van der Waals surface area contributed by atoms with Crippen LogP contribution in [0.15, 0.2) is 0 Å². The van der Waals surface area contributed by atoms with Gasteiger partial charge in [0.15, 0.2) is 0 Å². The Morgan fingerprint density at radius 1 is 0.487 bits per heavy atom. The van der Waals surface area contributed by atoms with Gasteiger partial charge in [0.25, 0.3) is 0 Å². The van der Waals surface area contributed by atoms with Gasteiger partial charge in [0.05, 0.1) is 0 Å². The first-order valence-electron chi connectivity index (χ1n) is 14.4. The van der Waals surface area contributed by atoms with Crippen molar-refractivity contribution >= 4 is 17.9 Å². The summed E-state index contributed by atoms with van der Waals surface area (Å²) in [6.45, 7) is 6.97. The molecule has 0 aliphatic heterocycles. The molecule has 0 fully saturated rings. The molecule has 0 aliphatic rings. The molecular formula is C28H52K3N2O6+. The largest absolute Gasteiger partial charge is 1.00 e. The van der Waals surface area contributed by atoms with Crippen molar-refractivity contribution in [3.05, 3.63) is 0 Å². The van der Waals surface area contributed by atoms with Crippen molar-refractivity contribution in [2.24, 2.45) is 0 Å². The van der Waals surface area contributed by atoms with Crippen molar-refractivity contribution in [2.45, 2.75) is 122 Å². The zero-order chi connectivity index (χ0) is 26.9. The predicted molar refractivity (Wildman–Crippen MR) is 139 cm³/mol. The summed E-state index contributed by atoms with van der Waals surface area (Å²) in [5.74, 6) is -2.87. The molecule has 0 aliphatic carbocycles. The Labute approximate surface area is 366 Å². The zero-order valence-electron chi connectivity index (χ0n) is 25.9. The topological polar surface area (TPSA) is 124 Å². The average molecular weight is 630 g/mol. The summed E-state index contributed by atoms with van der Waals surface area (Å²) in [4.78, 5) is 36.8. The molecule has 0 aromatic carbocycles. The number of rotatable bonds is 28. The summed E-state index contributed by atoms with van der Waals surface area (Å²) in [7, 11) is 0. The molecule has 0 aromatic rings. The van der Waals surface area contributed by atoms with Gasteiger partial charge in [-0.2, -0.15) is 0 Å². The van der Waals surface area contributed by atoms with E-state index in [4.69, 9.17) is 5.11 Å². The fraction of sp³-hybridized carbons (Fsp3) is 0.893. The molecule has 11 heteroatoms. The Balaban J connectivity index is -0.00000204. The molecule has 8 nitrogen and oxygen atoms in total. The first-order chi connectivity index (χ1) is 17.3. The van der Waals surface area contributed by atoms with E-state index in [1.54, 1.807) is 0 Å². The smallest absolute Gasteiger partial charge is 0.550 e. The second-order valence-electron chi connectivity index (χ2n) is 10.0. The van der Waals surface area contributed by atoms with Crippen LogP contribution in [-0.2, 0) is 14.4 Å². The van der Waals surface area contributed by atoms with Crippen LogP contribution in [0.2, 0.25) is 0 Å². The average Bonchev–Trinajstić information content (AvgIpc) is 2.81. The minimum Gasteiger partial charge on any atom is -0.550 e. The molecule has 0 radical (unpaired) electrons. The van der Waals surface area contributed by atoms with E-state index < -0.39 is 17.9 Å².